The zero-order valence-corrected chi connectivity index (χ0v) is 17.3. The summed E-state index contributed by atoms with van der Waals surface area (Å²) in [6.07, 6.45) is 6.33. The Bertz CT molecular complexity index is 1090. The van der Waals surface area contributed by atoms with Crippen molar-refractivity contribution < 1.29 is 8.42 Å². The van der Waals surface area contributed by atoms with Crippen LogP contribution in [0.1, 0.15) is 30.1 Å². The molecule has 1 saturated heterocycles. The number of anilines is 2. The van der Waals surface area contributed by atoms with E-state index in [1.165, 1.54) is 16.8 Å². The molecule has 8 nitrogen and oxygen atoms in total. The summed E-state index contributed by atoms with van der Waals surface area (Å²) < 4.78 is 28.6. The van der Waals surface area contributed by atoms with Crippen LogP contribution in [0.2, 0.25) is 0 Å². The van der Waals surface area contributed by atoms with Crippen molar-refractivity contribution in [3.8, 4) is 0 Å². The van der Waals surface area contributed by atoms with Gasteiger partial charge in [-0.15, -0.1) is 0 Å². The maximum absolute atomic E-state index is 12.7. The van der Waals surface area contributed by atoms with E-state index >= 15 is 0 Å². The number of piperidine rings is 1. The molecule has 0 saturated carbocycles. The molecule has 3 aromatic rings. The van der Waals surface area contributed by atoms with Gasteiger partial charge in [0.1, 0.15) is 5.82 Å². The highest BCUT2D eigenvalue weighted by Gasteiger charge is 2.31. The molecule has 4 heterocycles. The molecule has 152 valence electrons. The maximum atomic E-state index is 12.7. The molecule has 0 spiro atoms. The van der Waals surface area contributed by atoms with Crippen molar-refractivity contribution >= 4 is 21.5 Å². The van der Waals surface area contributed by atoms with E-state index in [1.807, 2.05) is 37.3 Å². The number of rotatable bonds is 5. The third-order valence-electron chi connectivity index (χ3n) is 5.10. The standard InChI is InChI=1S/C20H24N6O2S/c1-15-4-3-5-19(23-15)24-17-6-7-18(21-12-17)16-8-10-26(11-9-16)29(27,28)20-13-25(2)14-22-20/h3-7,12-14,16H,8-11H2,1-2H3,(H,23,24). The van der Waals surface area contributed by atoms with Gasteiger partial charge in [-0.1, -0.05) is 6.07 Å². The van der Waals surface area contributed by atoms with Crippen molar-refractivity contribution in [2.45, 2.75) is 30.7 Å². The van der Waals surface area contributed by atoms with E-state index in [4.69, 9.17) is 0 Å². The van der Waals surface area contributed by atoms with Gasteiger partial charge >= 0.3 is 0 Å². The number of hydrogen-bond donors (Lipinski definition) is 1. The molecule has 0 amide bonds. The van der Waals surface area contributed by atoms with Gasteiger partial charge < -0.3 is 9.88 Å². The number of sulfonamides is 1. The smallest absolute Gasteiger partial charge is 0.262 e. The third-order valence-corrected chi connectivity index (χ3v) is 6.89. The molecule has 1 aliphatic rings. The number of aromatic nitrogens is 4. The first kappa shape index (κ1) is 19.5. The van der Waals surface area contributed by atoms with Crippen LogP contribution in [0.15, 0.2) is 54.1 Å². The van der Waals surface area contributed by atoms with E-state index in [2.05, 4.69) is 20.3 Å². The van der Waals surface area contributed by atoms with Crippen LogP contribution in [0, 0.1) is 6.92 Å². The van der Waals surface area contributed by atoms with Gasteiger partial charge in [0.05, 0.1) is 18.2 Å². The average molecular weight is 413 g/mol. The second kappa shape index (κ2) is 7.92. The number of nitrogens with zero attached hydrogens (tertiary/aromatic N) is 5. The minimum Gasteiger partial charge on any atom is -0.339 e. The predicted molar refractivity (Wildman–Crippen MR) is 110 cm³/mol. The fourth-order valence-electron chi connectivity index (χ4n) is 3.53. The largest absolute Gasteiger partial charge is 0.339 e. The van der Waals surface area contributed by atoms with Crippen LogP contribution in [0.5, 0.6) is 0 Å². The number of imidazole rings is 1. The van der Waals surface area contributed by atoms with Crippen LogP contribution in [0.4, 0.5) is 11.5 Å². The summed E-state index contributed by atoms with van der Waals surface area (Å²) in [7, 11) is -1.77. The average Bonchev–Trinajstić information content (AvgIpc) is 3.16. The third kappa shape index (κ3) is 4.30. The van der Waals surface area contributed by atoms with Crippen molar-refractivity contribution in [3.05, 3.63) is 60.4 Å². The molecule has 3 aromatic heterocycles. The zero-order valence-electron chi connectivity index (χ0n) is 16.5. The number of pyridine rings is 2. The molecule has 0 bridgehead atoms. The van der Waals surface area contributed by atoms with Crippen LogP contribution < -0.4 is 5.32 Å². The molecule has 0 aliphatic carbocycles. The molecular weight excluding hydrogens is 388 g/mol. The molecular formula is C20H24N6O2S. The van der Waals surface area contributed by atoms with E-state index in [-0.39, 0.29) is 10.9 Å². The topological polar surface area (TPSA) is 93.0 Å². The van der Waals surface area contributed by atoms with Gasteiger partial charge in [0.15, 0.2) is 5.03 Å². The highest BCUT2D eigenvalue weighted by Crippen LogP contribution is 2.30. The number of nitrogens with one attached hydrogen (secondary N) is 1. The van der Waals surface area contributed by atoms with Crippen LogP contribution in [-0.2, 0) is 17.1 Å². The summed E-state index contributed by atoms with van der Waals surface area (Å²) in [5.74, 6) is 1.03. The Kier molecular flexibility index (Phi) is 5.33. The number of aryl methyl sites for hydroxylation is 2. The fourth-order valence-corrected chi connectivity index (χ4v) is 4.96. The minimum absolute atomic E-state index is 0.108. The van der Waals surface area contributed by atoms with Crippen LogP contribution >= 0.6 is 0 Å². The van der Waals surface area contributed by atoms with Gasteiger partial charge in [-0.3, -0.25) is 4.98 Å². The first-order valence-corrected chi connectivity index (χ1v) is 11.0. The van der Waals surface area contributed by atoms with Crippen molar-refractivity contribution in [2.75, 3.05) is 18.4 Å². The van der Waals surface area contributed by atoms with Crippen molar-refractivity contribution in [1.29, 1.82) is 0 Å². The fraction of sp³-hybridized carbons (Fsp3) is 0.350. The zero-order chi connectivity index (χ0) is 20.4. The second-order valence-electron chi connectivity index (χ2n) is 7.32. The Labute approximate surface area is 170 Å². The Morgan fingerprint density at radius 2 is 1.90 bits per heavy atom. The number of hydrogen-bond acceptors (Lipinski definition) is 6. The van der Waals surface area contributed by atoms with E-state index in [1.54, 1.807) is 17.8 Å². The van der Waals surface area contributed by atoms with Gasteiger partial charge in [-0.05, 0) is 44.0 Å². The van der Waals surface area contributed by atoms with Crippen LogP contribution in [0.3, 0.4) is 0 Å². The lowest BCUT2D eigenvalue weighted by Gasteiger charge is -2.30. The normalized spacial score (nSPS) is 16.1. The summed E-state index contributed by atoms with van der Waals surface area (Å²) in [6, 6.07) is 9.82. The monoisotopic (exact) mass is 412 g/mol. The van der Waals surface area contributed by atoms with Crippen molar-refractivity contribution in [2.24, 2.45) is 7.05 Å². The molecule has 1 fully saturated rings. The van der Waals surface area contributed by atoms with Gasteiger partial charge in [0.2, 0.25) is 0 Å². The Morgan fingerprint density at radius 3 is 2.52 bits per heavy atom. The maximum Gasteiger partial charge on any atom is 0.262 e. The summed E-state index contributed by atoms with van der Waals surface area (Å²) >= 11 is 0. The van der Waals surface area contributed by atoms with Crippen molar-refractivity contribution in [1.82, 2.24) is 23.8 Å². The van der Waals surface area contributed by atoms with Gasteiger partial charge in [-0.25, -0.2) is 18.4 Å². The summed E-state index contributed by atoms with van der Waals surface area (Å²) in [5.41, 5.74) is 2.82. The molecule has 0 radical (unpaired) electrons. The molecule has 1 N–H and O–H groups in total. The second-order valence-corrected chi connectivity index (χ2v) is 9.20. The summed E-state index contributed by atoms with van der Waals surface area (Å²) in [4.78, 5) is 13.0. The molecule has 9 heteroatoms. The highest BCUT2D eigenvalue weighted by atomic mass is 32.2. The predicted octanol–water partition coefficient (Wildman–Crippen LogP) is 2.83. The SMILES string of the molecule is Cc1cccc(Nc2ccc(C3CCN(S(=O)(=O)c4cn(C)cn4)CC3)nc2)n1. The lowest BCUT2D eigenvalue weighted by molar-refractivity contribution is 0.316. The lowest BCUT2D eigenvalue weighted by Crippen LogP contribution is -2.38. The molecule has 29 heavy (non-hydrogen) atoms. The lowest BCUT2D eigenvalue weighted by atomic mass is 9.94. The summed E-state index contributed by atoms with van der Waals surface area (Å²) in [6.45, 7) is 2.89. The van der Waals surface area contributed by atoms with Gasteiger partial charge in [-0.2, -0.15) is 4.31 Å². The highest BCUT2D eigenvalue weighted by molar-refractivity contribution is 7.89. The Balaban J connectivity index is 1.38. The van der Waals surface area contributed by atoms with Crippen molar-refractivity contribution in [3.63, 3.8) is 0 Å². The van der Waals surface area contributed by atoms with Crippen LogP contribution in [0.25, 0.3) is 0 Å². The molecule has 0 aromatic carbocycles. The molecule has 0 unspecified atom stereocenters. The molecule has 1 aliphatic heterocycles. The van der Waals surface area contributed by atoms with E-state index < -0.39 is 10.0 Å². The summed E-state index contributed by atoms with van der Waals surface area (Å²) in [5, 5.41) is 3.36. The first-order valence-electron chi connectivity index (χ1n) is 9.56. The minimum atomic E-state index is -3.53. The van der Waals surface area contributed by atoms with E-state index in [9.17, 15) is 8.42 Å². The molecule has 0 atom stereocenters. The van der Waals surface area contributed by atoms with E-state index in [0.29, 0.717) is 13.1 Å². The van der Waals surface area contributed by atoms with Crippen LogP contribution in [-0.4, -0.2) is 45.3 Å². The van der Waals surface area contributed by atoms with Gasteiger partial charge in [0, 0.05) is 43.6 Å². The Morgan fingerprint density at radius 1 is 1.10 bits per heavy atom. The van der Waals surface area contributed by atoms with Gasteiger partial charge in [0.25, 0.3) is 10.0 Å². The quantitative estimate of drug-likeness (QED) is 0.693. The Hall–Kier alpha value is -2.78. The first-order chi connectivity index (χ1) is 13.9. The van der Waals surface area contributed by atoms with E-state index in [0.717, 1.165) is 35.7 Å². The molecule has 4 rings (SSSR count).